The Morgan fingerprint density at radius 1 is 1.36 bits per heavy atom. The third-order valence-electron chi connectivity index (χ3n) is 2.45. The molecule has 2 nitrogen and oxygen atoms in total. The van der Waals surface area contributed by atoms with Gasteiger partial charge >= 0.3 is 0 Å². The van der Waals surface area contributed by atoms with E-state index in [4.69, 9.17) is 4.42 Å². The predicted molar refractivity (Wildman–Crippen MR) is 59.3 cm³/mol. The van der Waals surface area contributed by atoms with Crippen LogP contribution in [0.1, 0.15) is 51.3 Å². The van der Waals surface area contributed by atoms with Crippen LogP contribution in [-0.2, 0) is 0 Å². The fourth-order valence-electron chi connectivity index (χ4n) is 1.51. The van der Waals surface area contributed by atoms with Crippen molar-refractivity contribution in [2.45, 2.75) is 45.6 Å². The quantitative estimate of drug-likeness (QED) is 0.673. The first-order valence-electron chi connectivity index (χ1n) is 5.61. The number of rotatable bonds is 7. The summed E-state index contributed by atoms with van der Waals surface area (Å²) < 4.78 is 5.31. The van der Waals surface area contributed by atoms with Gasteiger partial charge in [0.2, 0.25) is 0 Å². The molecule has 0 unspecified atom stereocenters. The average molecular weight is 195 g/mol. The third kappa shape index (κ3) is 3.97. The summed E-state index contributed by atoms with van der Waals surface area (Å²) in [6.07, 6.45) is 6.96. The minimum atomic E-state index is 0.339. The monoisotopic (exact) mass is 195 g/mol. The zero-order valence-electron chi connectivity index (χ0n) is 9.25. The lowest BCUT2D eigenvalue weighted by atomic mass is 10.2. The smallest absolute Gasteiger partial charge is 0.120 e. The van der Waals surface area contributed by atoms with Crippen molar-refractivity contribution in [2.75, 3.05) is 6.54 Å². The van der Waals surface area contributed by atoms with Crippen molar-refractivity contribution in [3.63, 3.8) is 0 Å². The Hall–Kier alpha value is -0.760. The van der Waals surface area contributed by atoms with Gasteiger partial charge in [-0.1, -0.05) is 26.2 Å². The molecular weight excluding hydrogens is 174 g/mol. The summed E-state index contributed by atoms with van der Waals surface area (Å²) in [5.74, 6) is 1.03. The van der Waals surface area contributed by atoms with Crippen molar-refractivity contribution in [3.8, 4) is 0 Å². The highest BCUT2D eigenvalue weighted by Gasteiger charge is 2.05. The highest BCUT2D eigenvalue weighted by atomic mass is 16.3. The Bertz CT molecular complexity index is 218. The lowest BCUT2D eigenvalue weighted by molar-refractivity contribution is 0.426. The molecule has 0 amide bonds. The standard InChI is InChI=1S/C12H21NO/c1-3-4-5-6-9-13-11(2)12-8-7-10-14-12/h7-8,10-11,13H,3-6,9H2,1-2H3/t11-/m0/s1. The zero-order valence-corrected chi connectivity index (χ0v) is 9.25. The molecule has 0 saturated heterocycles. The first-order valence-corrected chi connectivity index (χ1v) is 5.61. The van der Waals surface area contributed by atoms with Gasteiger partial charge in [0, 0.05) is 0 Å². The Morgan fingerprint density at radius 2 is 2.21 bits per heavy atom. The summed E-state index contributed by atoms with van der Waals surface area (Å²) in [4.78, 5) is 0. The molecule has 0 aliphatic heterocycles. The fourth-order valence-corrected chi connectivity index (χ4v) is 1.51. The molecule has 0 aliphatic rings. The van der Waals surface area contributed by atoms with Gasteiger partial charge in [0.1, 0.15) is 5.76 Å². The molecule has 1 aromatic heterocycles. The number of hydrogen-bond acceptors (Lipinski definition) is 2. The second-order valence-corrected chi connectivity index (χ2v) is 3.75. The van der Waals surface area contributed by atoms with Gasteiger partial charge in [-0.25, -0.2) is 0 Å². The minimum absolute atomic E-state index is 0.339. The van der Waals surface area contributed by atoms with Crippen LogP contribution in [0.3, 0.4) is 0 Å². The van der Waals surface area contributed by atoms with Gasteiger partial charge in [0.25, 0.3) is 0 Å². The first-order chi connectivity index (χ1) is 6.84. The predicted octanol–water partition coefficient (Wildman–Crippen LogP) is 3.51. The summed E-state index contributed by atoms with van der Waals surface area (Å²) in [5, 5.41) is 3.45. The number of furan rings is 1. The van der Waals surface area contributed by atoms with Crippen LogP contribution in [0.2, 0.25) is 0 Å². The molecule has 0 saturated carbocycles. The molecule has 1 atom stereocenters. The maximum Gasteiger partial charge on any atom is 0.120 e. The molecule has 80 valence electrons. The highest BCUT2D eigenvalue weighted by molar-refractivity contribution is 5.02. The topological polar surface area (TPSA) is 25.2 Å². The maximum absolute atomic E-state index is 5.31. The Kier molecular flexibility index (Phi) is 5.38. The van der Waals surface area contributed by atoms with Gasteiger partial charge in [-0.3, -0.25) is 0 Å². The van der Waals surface area contributed by atoms with E-state index in [-0.39, 0.29) is 0 Å². The SMILES string of the molecule is CCCCCCN[C@@H](C)c1ccco1. The Labute approximate surface area is 86.7 Å². The van der Waals surface area contributed by atoms with E-state index in [1.165, 1.54) is 25.7 Å². The molecule has 0 aliphatic carbocycles. The number of unbranched alkanes of at least 4 members (excludes halogenated alkanes) is 3. The van der Waals surface area contributed by atoms with E-state index < -0.39 is 0 Å². The first kappa shape index (κ1) is 11.3. The lowest BCUT2D eigenvalue weighted by Gasteiger charge is -2.10. The zero-order chi connectivity index (χ0) is 10.2. The van der Waals surface area contributed by atoms with Crippen molar-refractivity contribution in [3.05, 3.63) is 24.2 Å². The molecule has 1 N–H and O–H groups in total. The van der Waals surface area contributed by atoms with E-state index in [2.05, 4.69) is 19.2 Å². The van der Waals surface area contributed by atoms with Crippen LogP contribution in [0.4, 0.5) is 0 Å². The Balaban J connectivity index is 2.07. The molecule has 1 heterocycles. The van der Waals surface area contributed by atoms with E-state index in [0.717, 1.165) is 12.3 Å². The van der Waals surface area contributed by atoms with Gasteiger partial charge in [-0.05, 0) is 32.0 Å². The van der Waals surface area contributed by atoms with Gasteiger partial charge in [-0.15, -0.1) is 0 Å². The normalized spacial score (nSPS) is 13.0. The summed E-state index contributed by atoms with van der Waals surface area (Å²) in [7, 11) is 0. The fraction of sp³-hybridized carbons (Fsp3) is 0.667. The van der Waals surface area contributed by atoms with Crippen molar-refractivity contribution < 1.29 is 4.42 Å². The van der Waals surface area contributed by atoms with Gasteiger partial charge in [-0.2, -0.15) is 0 Å². The van der Waals surface area contributed by atoms with Crippen LogP contribution < -0.4 is 5.32 Å². The molecule has 1 aromatic rings. The van der Waals surface area contributed by atoms with E-state index in [0.29, 0.717) is 6.04 Å². The van der Waals surface area contributed by atoms with Crippen LogP contribution in [0.5, 0.6) is 0 Å². The van der Waals surface area contributed by atoms with Crippen molar-refractivity contribution in [1.29, 1.82) is 0 Å². The molecule has 0 aromatic carbocycles. The number of hydrogen-bond donors (Lipinski definition) is 1. The van der Waals surface area contributed by atoms with Gasteiger partial charge in [0.05, 0.1) is 12.3 Å². The van der Waals surface area contributed by atoms with Crippen molar-refractivity contribution >= 4 is 0 Å². The van der Waals surface area contributed by atoms with Gasteiger partial charge < -0.3 is 9.73 Å². The van der Waals surface area contributed by atoms with Gasteiger partial charge in [0.15, 0.2) is 0 Å². The van der Waals surface area contributed by atoms with Crippen LogP contribution in [-0.4, -0.2) is 6.54 Å². The summed E-state index contributed by atoms with van der Waals surface area (Å²) >= 11 is 0. The summed E-state index contributed by atoms with van der Waals surface area (Å²) in [6.45, 7) is 5.46. The Morgan fingerprint density at radius 3 is 2.86 bits per heavy atom. The molecule has 1 rings (SSSR count). The molecule has 0 spiro atoms. The summed E-state index contributed by atoms with van der Waals surface area (Å²) in [6, 6.07) is 4.29. The highest BCUT2D eigenvalue weighted by Crippen LogP contribution is 2.12. The van der Waals surface area contributed by atoms with Crippen LogP contribution in [0.15, 0.2) is 22.8 Å². The lowest BCUT2D eigenvalue weighted by Crippen LogP contribution is -2.19. The second kappa shape index (κ2) is 6.66. The van der Waals surface area contributed by atoms with Crippen molar-refractivity contribution in [2.24, 2.45) is 0 Å². The average Bonchev–Trinajstić information content (AvgIpc) is 2.70. The molecule has 0 fully saturated rings. The molecular formula is C12H21NO. The third-order valence-corrected chi connectivity index (χ3v) is 2.45. The van der Waals surface area contributed by atoms with E-state index in [1.807, 2.05) is 12.1 Å². The summed E-state index contributed by atoms with van der Waals surface area (Å²) in [5.41, 5.74) is 0. The van der Waals surface area contributed by atoms with E-state index in [9.17, 15) is 0 Å². The minimum Gasteiger partial charge on any atom is -0.468 e. The van der Waals surface area contributed by atoms with E-state index in [1.54, 1.807) is 6.26 Å². The van der Waals surface area contributed by atoms with Crippen LogP contribution >= 0.6 is 0 Å². The van der Waals surface area contributed by atoms with Crippen LogP contribution in [0, 0.1) is 0 Å². The second-order valence-electron chi connectivity index (χ2n) is 3.75. The maximum atomic E-state index is 5.31. The molecule has 2 heteroatoms. The van der Waals surface area contributed by atoms with Crippen molar-refractivity contribution in [1.82, 2.24) is 5.32 Å². The molecule has 0 radical (unpaired) electrons. The molecule has 14 heavy (non-hydrogen) atoms. The number of nitrogens with one attached hydrogen (secondary N) is 1. The largest absolute Gasteiger partial charge is 0.468 e. The molecule has 0 bridgehead atoms. The van der Waals surface area contributed by atoms with E-state index >= 15 is 0 Å². The van der Waals surface area contributed by atoms with Crippen LogP contribution in [0.25, 0.3) is 0 Å².